The van der Waals surface area contributed by atoms with Gasteiger partial charge in [-0.1, -0.05) is 22.5 Å². The van der Waals surface area contributed by atoms with E-state index in [-0.39, 0.29) is 0 Å². The monoisotopic (exact) mass is 211 g/mol. The smallest absolute Gasteiger partial charge is 0.213 e. The van der Waals surface area contributed by atoms with E-state index in [1.54, 1.807) is 17.0 Å². The Morgan fingerprint density at radius 1 is 1.91 bits per heavy atom. The van der Waals surface area contributed by atoms with Gasteiger partial charge in [0.05, 0.1) is 6.54 Å². The summed E-state index contributed by atoms with van der Waals surface area (Å²) >= 11 is 3.21. The summed E-state index contributed by atoms with van der Waals surface area (Å²) in [5.74, 6) is 0.408. The molecule has 0 radical (unpaired) electrons. The van der Waals surface area contributed by atoms with E-state index < -0.39 is 0 Å². The van der Waals surface area contributed by atoms with Crippen molar-refractivity contribution in [3.8, 4) is 6.07 Å². The second kappa shape index (κ2) is 3.35. The molecule has 1 heterocycles. The third-order valence-electron chi connectivity index (χ3n) is 1.16. The first-order valence-electron chi connectivity index (χ1n) is 2.98. The number of imidazole rings is 1. The molecule has 0 N–H and O–H groups in total. The lowest BCUT2D eigenvalue weighted by molar-refractivity contribution is 0.799. The molecule has 0 fully saturated rings. The van der Waals surface area contributed by atoms with Gasteiger partial charge in [0.15, 0.2) is 0 Å². The number of hydrogen-bond donors (Lipinski definition) is 0. The van der Waals surface area contributed by atoms with Gasteiger partial charge in [0, 0.05) is 16.9 Å². The van der Waals surface area contributed by atoms with Crippen molar-refractivity contribution >= 4 is 15.9 Å². The molecule has 0 aliphatic rings. The van der Waals surface area contributed by atoms with Crippen molar-refractivity contribution in [2.24, 2.45) is 0 Å². The van der Waals surface area contributed by atoms with Crippen LogP contribution in [0.15, 0.2) is 23.5 Å². The van der Waals surface area contributed by atoms with Gasteiger partial charge in [-0.15, -0.1) is 0 Å². The van der Waals surface area contributed by atoms with Crippen LogP contribution in [-0.2, 0) is 6.54 Å². The predicted octanol–water partition coefficient (Wildman–Crippen LogP) is 1.66. The van der Waals surface area contributed by atoms with Gasteiger partial charge in [-0.25, -0.2) is 4.98 Å². The molecular formula is C7H6BrN3. The van der Waals surface area contributed by atoms with Gasteiger partial charge in [0.1, 0.15) is 6.07 Å². The van der Waals surface area contributed by atoms with E-state index in [2.05, 4.69) is 27.5 Å². The topological polar surface area (TPSA) is 41.6 Å². The van der Waals surface area contributed by atoms with Crippen LogP contribution in [0.5, 0.6) is 0 Å². The van der Waals surface area contributed by atoms with Crippen LogP contribution in [0.4, 0.5) is 0 Å². The van der Waals surface area contributed by atoms with E-state index in [0.29, 0.717) is 12.4 Å². The molecule has 0 saturated heterocycles. The Bertz CT molecular complexity index is 308. The lowest BCUT2D eigenvalue weighted by atomic mass is 10.5. The zero-order chi connectivity index (χ0) is 8.27. The summed E-state index contributed by atoms with van der Waals surface area (Å²) in [6.07, 6.45) is 3.33. The number of halogens is 1. The van der Waals surface area contributed by atoms with Gasteiger partial charge < -0.3 is 4.57 Å². The molecule has 0 saturated carbocycles. The first-order valence-corrected chi connectivity index (χ1v) is 3.78. The Hall–Kier alpha value is -1.08. The van der Waals surface area contributed by atoms with Crippen LogP contribution in [0.2, 0.25) is 0 Å². The second-order valence-corrected chi connectivity index (χ2v) is 3.13. The summed E-state index contributed by atoms with van der Waals surface area (Å²) in [5, 5.41) is 8.54. The van der Waals surface area contributed by atoms with Crippen molar-refractivity contribution < 1.29 is 0 Å². The molecule has 0 bridgehead atoms. The zero-order valence-corrected chi connectivity index (χ0v) is 7.37. The molecule has 1 rings (SSSR count). The first-order chi connectivity index (χ1) is 5.24. The van der Waals surface area contributed by atoms with E-state index >= 15 is 0 Å². The first kappa shape index (κ1) is 8.02. The molecule has 0 amide bonds. The fourth-order valence-electron chi connectivity index (χ4n) is 0.735. The summed E-state index contributed by atoms with van der Waals surface area (Å²) in [7, 11) is 0. The minimum atomic E-state index is 0.408. The highest BCUT2D eigenvalue weighted by atomic mass is 79.9. The van der Waals surface area contributed by atoms with Crippen molar-refractivity contribution in [3.63, 3.8) is 0 Å². The highest BCUT2D eigenvalue weighted by molar-refractivity contribution is 9.11. The van der Waals surface area contributed by atoms with E-state index in [9.17, 15) is 0 Å². The van der Waals surface area contributed by atoms with Gasteiger partial charge in [0.2, 0.25) is 5.82 Å². The van der Waals surface area contributed by atoms with Crippen LogP contribution >= 0.6 is 15.9 Å². The summed E-state index contributed by atoms with van der Waals surface area (Å²) in [5.41, 5.74) is 0. The normalized spacial score (nSPS) is 9.09. The lowest BCUT2D eigenvalue weighted by Gasteiger charge is -1.99. The van der Waals surface area contributed by atoms with Gasteiger partial charge in [0.25, 0.3) is 0 Å². The molecule has 0 aliphatic heterocycles. The molecular weight excluding hydrogens is 206 g/mol. The molecule has 0 spiro atoms. The van der Waals surface area contributed by atoms with Crippen LogP contribution in [0.1, 0.15) is 5.82 Å². The average Bonchev–Trinajstić information content (AvgIpc) is 2.34. The predicted molar refractivity (Wildman–Crippen MR) is 45.0 cm³/mol. The Kier molecular flexibility index (Phi) is 2.44. The van der Waals surface area contributed by atoms with Crippen LogP contribution in [-0.4, -0.2) is 9.55 Å². The fraction of sp³-hybridized carbons (Fsp3) is 0.143. The van der Waals surface area contributed by atoms with Crippen LogP contribution in [0, 0.1) is 11.3 Å². The second-order valence-electron chi connectivity index (χ2n) is 2.01. The minimum absolute atomic E-state index is 0.408. The van der Waals surface area contributed by atoms with Crippen molar-refractivity contribution in [2.75, 3.05) is 0 Å². The van der Waals surface area contributed by atoms with E-state index in [4.69, 9.17) is 5.26 Å². The number of nitrogens with zero attached hydrogens (tertiary/aromatic N) is 3. The zero-order valence-electron chi connectivity index (χ0n) is 5.79. The van der Waals surface area contributed by atoms with Gasteiger partial charge in [-0.05, 0) is 0 Å². The number of rotatable bonds is 2. The number of hydrogen-bond acceptors (Lipinski definition) is 2. The van der Waals surface area contributed by atoms with E-state index in [1.807, 2.05) is 6.07 Å². The van der Waals surface area contributed by atoms with E-state index in [0.717, 1.165) is 4.48 Å². The van der Waals surface area contributed by atoms with E-state index in [1.165, 1.54) is 0 Å². The van der Waals surface area contributed by atoms with Gasteiger partial charge in [-0.3, -0.25) is 0 Å². The maximum atomic E-state index is 8.54. The molecule has 0 atom stereocenters. The maximum Gasteiger partial charge on any atom is 0.213 e. The molecule has 0 aromatic carbocycles. The standard InChI is InChI=1S/C7H6BrN3/c1-6(8)5-11-3-2-10-7(11)4-9/h2-3H,1,5H2. The molecule has 1 aromatic rings. The highest BCUT2D eigenvalue weighted by Crippen LogP contribution is 2.06. The third-order valence-corrected chi connectivity index (χ3v) is 1.41. The number of aromatic nitrogens is 2. The van der Waals surface area contributed by atoms with Crippen molar-refractivity contribution in [2.45, 2.75) is 6.54 Å². The number of nitriles is 1. The Labute approximate surface area is 73.1 Å². The fourth-order valence-corrected chi connectivity index (χ4v) is 1.00. The Morgan fingerprint density at radius 3 is 3.18 bits per heavy atom. The minimum Gasteiger partial charge on any atom is -0.318 e. The van der Waals surface area contributed by atoms with Crippen LogP contribution < -0.4 is 0 Å². The molecule has 3 nitrogen and oxygen atoms in total. The SMILES string of the molecule is C=C(Br)Cn1ccnc1C#N. The summed E-state index contributed by atoms with van der Waals surface area (Å²) in [6, 6.07) is 1.97. The molecule has 11 heavy (non-hydrogen) atoms. The number of allylic oxidation sites excluding steroid dienone is 1. The lowest BCUT2D eigenvalue weighted by Crippen LogP contribution is -1.98. The van der Waals surface area contributed by atoms with Gasteiger partial charge in [-0.2, -0.15) is 5.26 Å². The van der Waals surface area contributed by atoms with Crippen LogP contribution in [0.25, 0.3) is 0 Å². The molecule has 0 aliphatic carbocycles. The van der Waals surface area contributed by atoms with Gasteiger partial charge >= 0.3 is 0 Å². The maximum absolute atomic E-state index is 8.54. The van der Waals surface area contributed by atoms with Crippen molar-refractivity contribution in [3.05, 3.63) is 29.3 Å². The third kappa shape index (κ3) is 1.92. The largest absolute Gasteiger partial charge is 0.318 e. The summed E-state index contributed by atoms with van der Waals surface area (Å²) in [4.78, 5) is 3.83. The summed E-state index contributed by atoms with van der Waals surface area (Å²) < 4.78 is 2.55. The molecule has 1 aromatic heterocycles. The Balaban J connectivity index is 2.87. The van der Waals surface area contributed by atoms with Crippen LogP contribution in [0.3, 0.4) is 0 Å². The summed E-state index contributed by atoms with van der Waals surface area (Å²) in [6.45, 7) is 4.25. The quantitative estimate of drug-likeness (QED) is 0.747. The molecule has 56 valence electrons. The molecule has 0 unspecified atom stereocenters. The highest BCUT2D eigenvalue weighted by Gasteiger charge is 1.99. The van der Waals surface area contributed by atoms with Crippen molar-refractivity contribution in [1.82, 2.24) is 9.55 Å². The van der Waals surface area contributed by atoms with Crippen molar-refractivity contribution in [1.29, 1.82) is 5.26 Å². The molecule has 4 heteroatoms. The average molecular weight is 212 g/mol. The Morgan fingerprint density at radius 2 is 2.64 bits per heavy atom.